The van der Waals surface area contributed by atoms with Crippen LogP contribution in [0.3, 0.4) is 0 Å². The predicted molar refractivity (Wildman–Crippen MR) is 67.0 cm³/mol. The van der Waals surface area contributed by atoms with Gasteiger partial charge in [-0.25, -0.2) is 4.39 Å². The minimum absolute atomic E-state index is 0.128. The predicted octanol–water partition coefficient (Wildman–Crippen LogP) is 0.640. The molecule has 122 valence electrons. The molecule has 0 aromatic heterocycles. The standard InChI is InChI=1S/C14H17FO7/c1-6(16)19-11-10(15)14(22-8(3)18)5-9-4-13(9,12(14)20-11)21-7(2)17/h9-12H,4-5H2,1-3H3/t9-,10-,11?,12+,13+,14-/m0/s1. The fourth-order valence-electron chi connectivity index (χ4n) is 3.84. The Bertz CT molecular complexity index is 549. The second-order valence-corrected chi connectivity index (χ2v) is 6.10. The summed E-state index contributed by atoms with van der Waals surface area (Å²) in [4.78, 5) is 33.8. The second kappa shape index (κ2) is 4.65. The van der Waals surface area contributed by atoms with Crippen LogP contribution < -0.4 is 0 Å². The van der Waals surface area contributed by atoms with Gasteiger partial charge >= 0.3 is 17.9 Å². The maximum atomic E-state index is 14.8. The molecule has 1 unspecified atom stereocenters. The number of carbonyl (C=O) groups is 3. The molecule has 2 saturated carbocycles. The third-order valence-corrected chi connectivity index (χ3v) is 4.47. The first-order valence-corrected chi connectivity index (χ1v) is 7.07. The van der Waals surface area contributed by atoms with Crippen molar-refractivity contribution in [2.45, 2.75) is 63.4 Å². The van der Waals surface area contributed by atoms with E-state index in [9.17, 15) is 18.8 Å². The highest BCUT2D eigenvalue weighted by Gasteiger charge is 2.83. The van der Waals surface area contributed by atoms with Crippen molar-refractivity contribution in [1.82, 2.24) is 0 Å². The molecule has 0 amide bonds. The number of carbonyl (C=O) groups excluding carboxylic acids is 3. The normalized spacial score (nSPS) is 44.7. The Morgan fingerprint density at radius 3 is 2.09 bits per heavy atom. The van der Waals surface area contributed by atoms with E-state index in [2.05, 4.69) is 0 Å². The van der Waals surface area contributed by atoms with Crippen LogP contribution in [0.15, 0.2) is 0 Å². The van der Waals surface area contributed by atoms with Crippen molar-refractivity contribution in [1.29, 1.82) is 0 Å². The van der Waals surface area contributed by atoms with Gasteiger partial charge in [-0.3, -0.25) is 14.4 Å². The van der Waals surface area contributed by atoms with Crippen molar-refractivity contribution < 1.29 is 37.7 Å². The van der Waals surface area contributed by atoms with E-state index in [4.69, 9.17) is 18.9 Å². The molecule has 0 aromatic carbocycles. The van der Waals surface area contributed by atoms with Crippen molar-refractivity contribution in [3.8, 4) is 0 Å². The lowest BCUT2D eigenvalue weighted by Gasteiger charge is -2.32. The number of alkyl halides is 1. The summed E-state index contributed by atoms with van der Waals surface area (Å²) in [6, 6.07) is 0. The lowest BCUT2D eigenvalue weighted by molar-refractivity contribution is -0.196. The van der Waals surface area contributed by atoms with Crippen LogP contribution in [0.4, 0.5) is 4.39 Å². The van der Waals surface area contributed by atoms with Gasteiger partial charge in [-0.1, -0.05) is 0 Å². The molecule has 1 heterocycles. The van der Waals surface area contributed by atoms with Crippen LogP contribution in [-0.2, 0) is 33.3 Å². The molecule has 8 heteroatoms. The fourth-order valence-corrected chi connectivity index (χ4v) is 3.84. The van der Waals surface area contributed by atoms with Crippen molar-refractivity contribution in [3.63, 3.8) is 0 Å². The SMILES string of the molecule is CC(=O)OC1O[C@@H]2[C@@]3(OC(C)=O)C[C@H]3C[C@]2(OC(C)=O)[C@H]1F. The van der Waals surface area contributed by atoms with Crippen LogP contribution >= 0.6 is 0 Å². The summed E-state index contributed by atoms with van der Waals surface area (Å²) >= 11 is 0. The number of esters is 3. The smallest absolute Gasteiger partial charge is 0.305 e. The highest BCUT2D eigenvalue weighted by Crippen LogP contribution is 2.67. The molecule has 2 aliphatic carbocycles. The van der Waals surface area contributed by atoms with E-state index in [0.717, 1.165) is 6.92 Å². The summed E-state index contributed by atoms with van der Waals surface area (Å²) in [6.45, 7) is 3.55. The maximum Gasteiger partial charge on any atom is 0.305 e. The van der Waals surface area contributed by atoms with E-state index >= 15 is 0 Å². The number of hydrogen-bond acceptors (Lipinski definition) is 7. The molecular formula is C14H17FO7. The third kappa shape index (κ3) is 2.00. The highest BCUT2D eigenvalue weighted by atomic mass is 19.1. The van der Waals surface area contributed by atoms with Gasteiger partial charge < -0.3 is 18.9 Å². The first kappa shape index (κ1) is 15.2. The number of fused-ring (bicyclic) bond motifs is 3. The van der Waals surface area contributed by atoms with Crippen molar-refractivity contribution >= 4 is 17.9 Å². The summed E-state index contributed by atoms with van der Waals surface area (Å²) in [7, 11) is 0. The molecule has 22 heavy (non-hydrogen) atoms. The molecule has 6 atom stereocenters. The Morgan fingerprint density at radius 1 is 1.00 bits per heavy atom. The Morgan fingerprint density at radius 2 is 1.55 bits per heavy atom. The van der Waals surface area contributed by atoms with Gasteiger partial charge in [0.15, 0.2) is 5.60 Å². The summed E-state index contributed by atoms with van der Waals surface area (Å²) in [5.74, 6) is -2.02. The molecule has 0 radical (unpaired) electrons. The molecule has 1 saturated heterocycles. The topological polar surface area (TPSA) is 88.1 Å². The van der Waals surface area contributed by atoms with Crippen LogP contribution in [0.2, 0.25) is 0 Å². The van der Waals surface area contributed by atoms with Crippen molar-refractivity contribution in [3.05, 3.63) is 0 Å². The lowest BCUT2D eigenvalue weighted by atomic mass is 9.90. The Labute approximate surface area is 126 Å². The molecular weight excluding hydrogens is 299 g/mol. The average Bonchev–Trinajstić information content (AvgIpc) is 2.87. The number of ether oxygens (including phenoxy) is 4. The first-order chi connectivity index (χ1) is 10.2. The molecule has 3 fully saturated rings. The quantitative estimate of drug-likeness (QED) is 0.557. The van der Waals surface area contributed by atoms with Crippen LogP contribution in [0.1, 0.15) is 33.6 Å². The molecule has 1 aliphatic heterocycles. The Hall–Kier alpha value is -1.70. The second-order valence-electron chi connectivity index (χ2n) is 6.10. The monoisotopic (exact) mass is 316 g/mol. The van der Waals surface area contributed by atoms with E-state index in [1.807, 2.05) is 0 Å². The van der Waals surface area contributed by atoms with E-state index in [1.165, 1.54) is 13.8 Å². The van der Waals surface area contributed by atoms with Crippen LogP contribution in [-0.4, -0.2) is 47.7 Å². The van der Waals surface area contributed by atoms with Gasteiger partial charge in [0.2, 0.25) is 12.5 Å². The molecule has 0 spiro atoms. The van der Waals surface area contributed by atoms with E-state index in [1.54, 1.807) is 0 Å². The van der Waals surface area contributed by atoms with E-state index in [-0.39, 0.29) is 12.3 Å². The molecule has 7 nitrogen and oxygen atoms in total. The van der Waals surface area contributed by atoms with Crippen LogP contribution in [0.25, 0.3) is 0 Å². The Kier molecular flexibility index (Phi) is 3.21. The summed E-state index contributed by atoms with van der Waals surface area (Å²) < 4.78 is 35.7. The van der Waals surface area contributed by atoms with Gasteiger partial charge in [-0.2, -0.15) is 0 Å². The van der Waals surface area contributed by atoms with Crippen LogP contribution in [0.5, 0.6) is 0 Å². The first-order valence-electron chi connectivity index (χ1n) is 7.07. The Balaban J connectivity index is 1.92. The van der Waals surface area contributed by atoms with Gasteiger partial charge in [-0.05, 0) is 6.42 Å². The van der Waals surface area contributed by atoms with Gasteiger partial charge in [0.05, 0.1) is 0 Å². The molecule has 0 bridgehead atoms. The average molecular weight is 316 g/mol. The van der Waals surface area contributed by atoms with E-state index in [0.29, 0.717) is 6.42 Å². The van der Waals surface area contributed by atoms with Gasteiger partial charge in [0.1, 0.15) is 11.7 Å². The van der Waals surface area contributed by atoms with Crippen molar-refractivity contribution in [2.24, 2.45) is 5.92 Å². The number of halogens is 1. The highest BCUT2D eigenvalue weighted by molar-refractivity contribution is 5.69. The summed E-state index contributed by atoms with van der Waals surface area (Å²) in [6.07, 6.45) is -3.60. The maximum absolute atomic E-state index is 14.8. The van der Waals surface area contributed by atoms with Gasteiger partial charge in [0.25, 0.3) is 0 Å². The van der Waals surface area contributed by atoms with Gasteiger partial charge in [0, 0.05) is 33.1 Å². The zero-order valence-electron chi connectivity index (χ0n) is 12.5. The molecule has 0 aromatic rings. The van der Waals surface area contributed by atoms with Gasteiger partial charge in [-0.15, -0.1) is 0 Å². The largest absolute Gasteiger partial charge is 0.456 e. The lowest BCUT2D eigenvalue weighted by Crippen LogP contribution is -2.51. The van der Waals surface area contributed by atoms with Crippen LogP contribution in [0, 0.1) is 5.92 Å². The summed E-state index contributed by atoms with van der Waals surface area (Å²) in [5, 5.41) is 0. The zero-order chi connectivity index (χ0) is 16.3. The molecule has 3 rings (SSSR count). The summed E-state index contributed by atoms with van der Waals surface area (Å²) in [5.41, 5.74) is -2.58. The minimum atomic E-state index is -1.83. The molecule has 3 aliphatic rings. The molecule has 0 N–H and O–H groups in total. The number of rotatable bonds is 3. The van der Waals surface area contributed by atoms with Crippen molar-refractivity contribution in [2.75, 3.05) is 0 Å². The number of hydrogen-bond donors (Lipinski definition) is 0. The fraction of sp³-hybridized carbons (Fsp3) is 0.786. The third-order valence-electron chi connectivity index (χ3n) is 4.47. The minimum Gasteiger partial charge on any atom is -0.456 e. The zero-order valence-corrected chi connectivity index (χ0v) is 12.5. The van der Waals surface area contributed by atoms with E-state index < -0.39 is 47.7 Å².